The van der Waals surface area contributed by atoms with Crippen molar-refractivity contribution >= 4 is 5.91 Å². The van der Waals surface area contributed by atoms with Gasteiger partial charge in [-0.2, -0.15) is 0 Å². The molecule has 0 aliphatic carbocycles. The number of hydrogen-bond donors (Lipinski definition) is 1. The fourth-order valence-electron chi connectivity index (χ4n) is 1.57. The Bertz CT molecular complexity index is 407. The van der Waals surface area contributed by atoms with Crippen LogP contribution in [-0.4, -0.2) is 52.2 Å². The van der Waals surface area contributed by atoms with E-state index in [0.29, 0.717) is 23.6 Å². The largest absolute Gasteiger partial charge is 0.497 e. The number of nitrogens with one attached hydrogen (secondary N) is 1. The first kappa shape index (κ1) is 14.3. The molecule has 0 unspecified atom stereocenters. The molecule has 0 heterocycles. The van der Waals surface area contributed by atoms with Crippen LogP contribution in [-0.2, 0) is 0 Å². The second-order valence-corrected chi connectivity index (χ2v) is 3.90. The minimum absolute atomic E-state index is 0.0824. The molecule has 0 spiro atoms. The van der Waals surface area contributed by atoms with E-state index in [9.17, 15) is 4.79 Å². The Hall–Kier alpha value is -1.75. The number of likely N-dealkylation sites (N-methyl/N-ethyl adjacent to an activating group) is 2. The van der Waals surface area contributed by atoms with E-state index in [2.05, 4.69) is 5.32 Å². The van der Waals surface area contributed by atoms with E-state index in [1.165, 1.54) is 0 Å². The molecule has 0 saturated heterocycles. The van der Waals surface area contributed by atoms with Gasteiger partial charge in [0.05, 0.1) is 19.8 Å². The molecule has 5 heteroatoms. The fourth-order valence-corrected chi connectivity index (χ4v) is 1.57. The zero-order valence-electron chi connectivity index (χ0n) is 11.3. The van der Waals surface area contributed by atoms with E-state index in [4.69, 9.17) is 9.47 Å². The Kier molecular flexibility index (Phi) is 5.45. The summed E-state index contributed by atoms with van der Waals surface area (Å²) in [5, 5.41) is 3.01. The van der Waals surface area contributed by atoms with Gasteiger partial charge in [-0.1, -0.05) is 0 Å². The van der Waals surface area contributed by atoms with E-state index in [1.54, 1.807) is 44.4 Å². The third-order valence-electron chi connectivity index (χ3n) is 2.68. The lowest BCUT2D eigenvalue weighted by Gasteiger charge is -2.18. The van der Waals surface area contributed by atoms with Crippen LogP contribution in [0.1, 0.15) is 10.4 Å². The molecule has 0 saturated carbocycles. The number of methoxy groups -OCH3 is 2. The van der Waals surface area contributed by atoms with Gasteiger partial charge in [0.1, 0.15) is 11.5 Å². The molecule has 100 valence electrons. The molecule has 18 heavy (non-hydrogen) atoms. The summed E-state index contributed by atoms with van der Waals surface area (Å²) in [4.78, 5) is 13.9. The highest BCUT2D eigenvalue weighted by Crippen LogP contribution is 2.24. The van der Waals surface area contributed by atoms with Crippen molar-refractivity contribution in [1.29, 1.82) is 0 Å². The van der Waals surface area contributed by atoms with Crippen molar-refractivity contribution in [3.05, 3.63) is 23.8 Å². The fraction of sp³-hybridized carbons (Fsp3) is 0.462. The molecule has 0 bridgehead atoms. The number of amides is 1. The average molecular weight is 252 g/mol. The number of benzene rings is 1. The van der Waals surface area contributed by atoms with E-state index in [1.807, 2.05) is 7.05 Å². The van der Waals surface area contributed by atoms with Crippen molar-refractivity contribution in [3.63, 3.8) is 0 Å². The zero-order chi connectivity index (χ0) is 13.5. The monoisotopic (exact) mass is 252 g/mol. The smallest absolute Gasteiger partial charge is 0.257 e. The van der Waals surface area contributed by atoms with Crippen molar-refractivity contribution in [3.8, 4) is 11.5 Å². The molecule has 1 rings (SSSR count). The summed E-state index contributed by atoms with van der Waals surface area (Å²) in [7, 11) is 6.73. The molecule has 0 atom stereocenters. The lowest BCUT2D eigenvalue weighted by molar-refractivity contribution is 0.0793. The first-order valence-electron chi connectivity index (χ1n) is 5.76. The average Bonchev–Trinajstić information content (AvgIpc) is 2.43. The van der Waals surface area contributed by atoms with Crippen LogP contribution >= 0.6 is 0 Å². The van der Waals surface area contributed by atoms with E-state index < -0.39 is 0 Å². The molecule has 0 aliphatic rings. The second kappa shape index (κ2) is 6.86. The van der Waals surface area contributed by atoms with E-state index >= 15 is 0 Å². The number of ether oxygens (including phenoxy) is 2. The van der Waals surface area contributed by atoms with Crippen LogP contribution in [0.25, 0.3) is 0 Å². The summed E-state index contributed by atoms with van der Waals surface area (Å²) in [6, 6.07) is 5.19. The Morgan fingerprint density at radius 1 is 1.33 bits per heavy atom. The molecule has 1 amide bonds. The van der Waals surface area contributed by atoms with E-state index in [-0.39, 0.29) is 5.91 Å². The van der Waals surface area contributed by atoms with Crippen LogP contribution in [0.2, 0.25) is 0 Å². The number of carbonyl (C=O) groups excluding carboxylic acids is 1. The van der Waals surface area contributed by atoms with Gasteiger partial charge in [-0.05, 0) is 25.2 Å². The maximum atomic E-state index is 12.3. The van der Waals surface area contributed by atoms with Gasteiger partial charge in [-0.3, -0.25) is 4.79 Å². The first-order chi connectivity index (χ1) is 8.63. The lowest BCUT2D eigenvalue weighted by atomic mass is 10.1. The van der Waals surface area contributed by atoms with Gasteiger partial charge in [0.15, 0.2) is 0 Å². The van der Waals surface area contributed by atoms with Crippen molar-refractivity contribution in [2.24, 2.45) is 0 Å². The van der Waals surface area contributed by atoms with E-state index in [0.717, 1.165) is 6.54 Å². The molecule has 0 fully saturated rings. The SMILES string of the molecule is CNCCN(C)C(=O)c1cc(OC)ccc1OC. The highest BCUT2D eigenvalue weighted by atomic mass is 16.5. The Balaban J connectivity index is 2.95. The van der Waals surface area contributed by atoms with Crippen molar-refractivity contribution in [1.82, 2.24) is 10.2 Å². The van der Waals surface area contributed by atoms with Crippen LogP contribution in [0.5, 0.6) is 11.5 Å². The maximum absolute atomic E-state index is 12.3. The van der Waals surface area contributed by atoms with Crippen LogP contribution < -0.4 is 14.8 Å². The standard InChI is InChI=1S/C13H20N2O3/c1-14-7-8-15(2)13(16)11-9-10(17-3)5-6-12(11)18-4/h5-6,9,14H,7-8H2,1-4H3. The molecule has 5 nitrogen and oxygen atoms in total. The first-order valence-corrected chi connectivity index (χ1v) is 5.76. The van der Waals surface area contributed by atoms with Crippen LogP contribution in [0.15, 0.2) is 18.2 Å². The Morgan fingerprint density at radius 3 is 2.61 bits per heavy atom. The zero-order valence-corrected chi connectivity index (χ0v) is 11.3. The minimum Gasteiger partial charge on any atom is -0.497 e. The van der Waals surface area contributed by atoms with Crippen molar-refractivity contribution < 1.29 is 14.3 Å². The quantitative estimate of drug-likeness (QED) is 0.820. The molecule has 0 radical (unpaired) electrons. The summed E-state index contributed by atoms with van der Waals surface area (Å²) >= 11 is 0. The van der Waals surface area contributed by atoms with Crippen molar-refractivity contribution in [2.45, 2.75) is 0 Å². The number of carbonyl (C=O) groups is 1. The summed E-state index contributed by atoms with van der Waals surface area (Å²) in [5.74, 6) is 1.11. The Morgan fingerprint density at radius 2 is 2.06 bits per heavy atom. The van der Waals surface area contributed by atoms with Gasteiger partial charge in [-0.25, -0.2) is 0 Å². The van der Waals surface area contributed by atoms with Crippen molar-refractivity contribution in [2.75, 3.05) is 41.4 Å². The van der Waals surface area contributed by atoms with Gasteiger partial charge in [0, 0.05) is 20.1 Å². The number of rotatable bonds is 6. The lowest BCUT2D eigenvalue weighted by Crippen LogP contribution is -2.33. The van der Waals surface area contributed by atoms with Gasteiger partial charge in [0.25, 0.3) is 5.91 Å². The predicted molar refractivity (Wildman–Crippen MR) is 70.4 cm³/mol. The van der Waals surface area contributed by atoms with Crippen LogP contribution in [0.3, 0.4) is 0 Å². The second-order valence-electron chi connectivity index (χ2n) is 3.90. The third kappa shape index (κ3) is 3.37. The third-order valence-corrected chi connectivity index (χ3v) is 2.68. The normalized spacial score (nSPS) is 10.0. The maximum Gasteiger partial charge on any atom is 0.257 e. The summed E-state index contributed by atoms with van der Waals surface area (Å²) in [5.41, 5.74) is 0.510. The molecular weight excluding hydrogens is 232 g/mol. The predicted octanol–water partition coefficient (Wildman–Crippen LogP) is 0.995. The van der Waals surface area contributed by atoms with Crippen LogP contribution in [0, 0.1) is 0 Å². The van der Waals surface area contributed by atoms with Crippen LogP contribution in [0.4, 0.5) is 0 Å². The summed E-state index contributed by atoms with van der Waals surface area (Å²) < 4.78 is 10.3. The van der Waals surface area contributed by atoms with Gasteiger partial charge in [0.2, 0.25) is 0 Å². The molecular formula is C13H20N2O3. The summed E-state index contributed by atoms with van der Waals surface area (Å²) in [6.07, 6.45) is 0. The molecule has 1 aromatic carbocycles. The minimum atomic E-state index is -0.0824. The van der Waals surface area contributed by atoms with Gasteiger partial charge in [-0.15, -0.1) is 0 Å². The Labute approximate surface area is 108 Å². The highest BCUT2D eigenvalue weighted by molar-refractivity contribution is 5.97. The molecule has 0 aliphatic heterocycles. The molecule has 0 aromatic heterocycles. The number of nitrogens with zero attached hydrogens (tertiary/aromatic N) is 1. The topological polar surface area (TPSA) is 50.8 Å². The molecule has 1 N–H and O–H groups in total. The summed E-state index contributed by atoms with van der Waals surface area (Å²) in [6.45, 7) is 1.38. The highest BCUT2D eigenvalue weighted by Gasteiger charge is 2.17. The van der Waals surface area contributed by atoms with Gasteiger partial charge >= 0.3 is 0 Å². The molecule has 1 aromatic rings. The number of hydrogen-bond acceptors (Lipinski definition) is 4. The van der Waals surface area contributed by atoms with Gasteiger partial charge < -0.3 is 19.7 Å².